The lowest BCUT2D eigenvalue weighted by Gasteiger charge is -2.41. The third kappa shape index (κ3) is 5.10. The molecule has 1 aliphatic heterocycles. The van der Waals surface area contributed by atoms with Crippen LogP contribution in [0.25, 0.3) is 10.9 Å². The van der Waals surface area contributed by atoms with E-state index in [1.165, 1.54) is 32.1 Å². The smallest absolute Gasteiger partial charge is 0.260 e. The molecule has 4 N–H and O–H groups in total. The van der Waals surface area contributed by atoms with Gasteiger partial charge in [0.05, 0.1) is 16.9 Å². The Hall–Kier alpha value is -2.51. The summed E-state index contributed by atoms with van der Waals surface area (Å²) in [5.41, 5.74) is 2.43. The molecule has 2 aromatic rings. The van der Waals surface area contributed by atoms with E-state index in [4.69, 9.17) is 10.4 Å². The van der Waals surface area contributed by atoms with Gasteiger partial charge in [0, 0.05) is 43.1 Å². The summed E-state index contributed by atoms with van der Waals surface area (Å²) in [6, 6.07) is 8.74. The Morgan fingerprint density at radius 3 is 2.72 bits per heavy atom. The summed E-state index contributed by atoms with van der Waals surface area (Å²) in [5, 5.41) is 25.2. The zero-order chi connectivity index (χ0) is 22.7. The Balaban J connectivity index is 1.60. The van der Waals surface area contributed by atoms with E-state index >= 15 is 0 Å². The van der Waals surface area contributed by atoms with Crippen molar-refractivity contribution in [3.63, 3.8) is 0 Å². The number of benzene rings is 1. The van der Waals surface area contributed by atoms with Crippen molar-refractivity contribution in [2.24, 2.45) is 5.92 Å². The third-order valence-corrected chi connectivity index (χ3v) is 6.82. The first-order chi connectivity index (χ1) is 15.4. The van der Waals surface area contributed by atoms with E-state index in [0.717, 1.165) is 29.4 Å². The maximum Gasteiger partial charge on any atom is 0.260 e. The number of aromatic nitrogens is 1. The number of aliphatic hydroxyl groups is 1. The fourth-order valence-electron chi connectivity index (χ4n) is 5.13. The van der Waals surface area contributed by atoms with E-state index in [-0.39, 0.29) is 30.3 Å². The standard InChI is InChI=1S/C25H35N5O2/c1-16-8-9-22-18(12-16)13-21(25(32)27-17(2)26)24(29-22)30-11-10-23(19(14-30)15-31)28-20-6-4-3-5-7-20/h8-9,12-13,19-20,23,28,31H,3-7,10-11,14-15H2,1-2H3,(H2,26,27,32). The molecule has 2 atom stereocenters. The van der Waals surface area contributed by atoms with Crippen LogP contribution < -0.4 is 15.5 Å². The molecular weight excluding hydrogens is 402 g/mol. The molecule has 2 heterocycles. The van der Waals surface area contributed by atoms with Crippen LogP contribution in [-0.2, 0) is 0 Å². The second kappa shape index (κ2) is 9.96. The molecule has 172 valence electrons. The van der Waals surface area contributed by atoms with Crippen molar-refractivity contribution < 1.29 is 9.90 Å². The van der Waals surface area contributed by atoms with Crippen LogP contribution in [0.4, 0.5) is 5.82 Å². The highest BCUT2D eigenvalue weighted by molar-refractivity contribution is 6.09. The zero-order valence-electron chi connectivity index (χ0n) is 19.2. The summed E-state index contributed by atoms with van der Waals surface area (Å²) in [4.78, 5) is 19.9. The number of amides is 1. The molecule has 0 spiro atoms. The molecule has 2 aliphatic rings. The molecule has 1 aliphatic carbocycles. The largest absolute Gasteiger partial charge is 0.396 e. The number of aliphatic hydroxyl groups excluding tert-OH is 1. The second-order valence-corrected chi connectivity index (χ2v) is 9.42. The van der Waals surface area contributed by atoms with Gasteiger partial charge < -0.3 is 20.6 Å². The van der Waals surface area contributed by atoms with E-state index in [2.05, 4.69) is 15.5 Å². The number of pyridine rings is 1. The first-order valence-corrected chi connectivity index (χ1v) is 11.8. The first-order valence-electron chi connectivity index (χ1n) is 11.8. The molecule has 1 saturated heterocycles. The SMILES string of the molecule is CC(=N)NC(=O)c1cc2cc(C)ccc2nc1N1CCC(NC2CCCCC2)C(CO)C1. The molecule has 2 unspecified atom stereocenters. The summed E-state index contributed by atoms with van der Waals surface area (Å²) in [7, 11) is 0. The van der Waals surface area contributed by atoms with Crippen LogP contribution in [0.5, 0.6) is 0 Å². The van der Waals surface area contributed by atoms with Crippen molar-refractivity contribution in [2.45, 2.75) is 64.5 Å². The molecule has 32 heavy (non-hydrogen) atoms. The lowest BCUT2D eigenvalue weighted by Crippen LogP contribution is -2.54. The average molecular weight is 438 g/mol. The van der Waals surface area contributed by atoms with Gasteiger partial charge in [-0.1, -0.05) is 30.9 Å². The molecular formula is C25H35N5O2. The minimum atomic E-state index is -0.314. The number of aryl methyl sites for hydroxylation is 1. The number of nitrogens with one attached hydrogen (secondary N) is 3. The Morgan fingerprint density at radius 2 is 2.00 bits per heavy atom. The van der Waals surface area contributed by atoms with Gasteiger partial charge in [0.1, 0.15) is 5.82 Å². The van der Waals surface area contributed by atoms with Gasteiger partial charge in [0.2, 0.25) is 0 Å². The normalized spacial score (nSPS) is 22.2. The lowest BCUT2D eigenvalue weighted by molar-refractivity contribution is 0.0976. The minimum Gasteiger partial charge on any atom is -0.396 e. The highest BCUT2D eigenvalue weighted by Gasteiger charge is 2.33. The van der Waals surface area contributed by atoms with Gasteiger partial charge in [-0.15, -0.1) is 0 Å². The van der Waals surface area contributed by atoms with Gasteiger partial charge in [-0.3, -0.25) is 10.2 Å². The number of carbonyl (C=O) groups excluding carboxylic acids is 1. The average Bonchev–Trinajstić information content (AvgIpc) is 2.78. The summed E-state index contributed by atoms with van der Waals surface area (Å²) < 4.78 is 0. The molecule has 7 nitrogen and oxygen atoms in total. The zero-order valence-corrected chi connectivity index (χ0v) is 19.2. The maximum absolute atomic E-state index is 12.9. The van der Waals surface area contributed by atoms with Crippen molar-refractivity contribution in [1.29, 1.82) is 5.41 Å². The Labute approximate surface area is 190 Å². The van der Waals surface area contributed by atoms with Crippen molar-refractivity contribution in [2.75, 3.05) is 24.6 Å². The van der Waals surface area contributed by atoms with Crippen LogP contribution in [0.15, 0.2) is 24.3 Å². The highest BCUT2D eigenvalue weighted by atomic mass is 16.3. The van der Waals surface area contributed by atoms with Gasteiger partial charge in [0.25, 0.3) is 5.91 Å². The van der Waals surface area contributed by atoms with Crippen molar-refractivity contribution in [1.82, 2.24) is 15.6 Å². The number of amidine groups is 1. The van der Waals surface area contributed by atoms with Gasteiger partial charge in [-0.25, -0.2) is 4.98 Å². The molecule has 0 radical (unpaired) electrons. The van der Waals surface area contributed by atoms with Gasteiger partial charge in [-0.05, 0) is 51.3 Å². The highest BCUT2D eigenvalue weighted by Crippen LogP contribution is 2.29. The lowest BCUT2D eigenvalue weighted by atomic mass is 9.89. The Kier molecular flexibility index (Phi) is 7.06. The van der Waals surface area contributed by atoms with E-state index in [1.54, 1.807) is 6.92 Å². The minimum absolute atomic E-state index is 0.0848. The number of nitrogens with zero attached hydrogens (tertiary/aromatic N) is 2. The van der Waals surface area contributed by atoms with Crippen LogP contribution >= 0.6 is 0 Å². The second-order valence-electron chi connectivity index (χ2n) is 9.42. The monoisotopic (exact) mass is 437 g/mol. The molecule has 1 saturated carbocycles. The fraction of sp³-hybridized carbons (Fsp3) is 0.560. The van der Waals surface area contributed by atoms with Crippen LogP contribution in [0.2, 0.25) is 0 Å². The van der Waals surface area contributed by atoms with Crippen molar-refractivity contribution in [3.8, 4) is 0 Å². The number of hydrogen-bond donors (Lipinski definition) is 4. The molecule has 1 aromatic heterocycles. The molecule has 7 heteroatoms. The van der Waals surface area contributed by atoms with Crippen LogP contribution in [0.3, 0.4) is 0 Å². The van der Waals surface area contributed by atoms with E-state index in [0.29, 0.717) is 24.0 Å². The molecule has 2 fully saturated rings. The summed E-state index contributed by atoms with van der Waals surface area (Å²) in [5.74, 6) is 0.511. The predicted molar refractivity (Wildman–Crippen MR) is 129 cm³/mol. The molecule has 1 aromatic carbocycles. The Bertz CT molecular complexity index is 986. The third-order valence-electron chi connectivity index (χ3n) is 6.82. The van der Waals surface area contributed by atoms with E-state index in [9.17, 15) is 9.90 Å². The number of carbonyl (C=O) groups is 1. The predicted octanol–water partition coefficient (Wildman–Crippen LogP) is 3.38. The number of anilines is 1. The van der Waals surface area contributed by atoms with E-state index < -0.39 is 0 Å². The molecule has 0 bridgehead atoms. The van der Waals surface area contributed by atoms with Crippen molar-refractivity contribution >= 4 is 28.5 Å². The fourth-order valence-corrected chi connectivity index (χ4v) is 5.13. The van der Waals surface area contributed by atoms with Gasteiger partial charge in [0.15, 0.2) is 0 Å². The topological polar surface area (TPSA) is 101 Å². The maximum atomic E-state index is 12.9. The van der Waals surface area contributed by atoms with Crippen LogP contribution in [0.1, 0.15) is 61.4 Å². The van der Waals surface area contributed by atoms with Gasteiger partial charge >= 0.3 is 0 Å². The van der Waals surface area contributed by atoms with Crippen LogP contribution in [-0.4, -0.2) is 53.6 Å². The molecule has 1 amide bonds. The first kappa shape index (κ1) is 22.7. The number of fused-ring (bicyclic) bond motifs is 1. The number of hydrogen-bond acceptors (Lipinski definition) is 6. The summed E-state index contributed by atoms with van der Waals surface area (Å²) >= 11 is 0. The van der Waals surface area contributed by atoms with Gasteiger partial charge in [-0.2, -0.15) is 0 Å². The van der Waals surface area contributed by atoms with E-state index in [1.807, 2.05) is 31.2 Å². The number of piperidine rings is 1. The number of rotatable bonds is 5. The Morgan fingerprint density at radius 1 is 1.22 bits per heavy atom. The molecule has 4 rings (SSSR count). The summed E-state index contributed by atoms with van der Waals surface area (Å²) in [6.07, 6.45) is 7.24. The van der Waals surface area contributed by atoms with Crippen molar-refractivity contribution in [3.05, 3.63) is 35.4 Å². The summed E-state index contributed by atoms with van der Waals surface area (Å²) in [6.45, 7) is 5.10. The quantitative estimate of drug-likeness (QED) is 0.424. The van der Waals surface area contributed by atoms with Crippen LogP contribution in [0, 0.1) is 18.3 Å².